The van der Waals surface area contributed by atoms with E-state index >= 15 is 0 Å². The van der Waals surface area contributed by atoms with Gasteiger partial charge in [-0.05, 0) is 44.9 Å². The van der Waals surface area contributed by atoms with Gasteiger partial charge < -0.3 is 10.6 Å². The van der Waals surface area contributed by atoms with Crippen LogP contribution in [0, 0.1) is 0 Å². The lowest BCUT2D eigenvalue weighted by Crippen LogP contribution is -2.43. The number of halogens is 1. The summed E-state index contributed by atoms with van der Waals surface area (Å²) in [6.07, 6.45) is 1.88. The molecule has 3 nitrogen and oxygen atoms in total. The number of anilines is 1. The quantitative estimate of drug-likeness (QED) is 0.825. The molecular formula is C15H23ClN2O. The van der Waals surface area contributed by atoms with E-state index in [9.17, 15) is 4.79 Å². The minimum absolute atomic E-state index is 0.0899. The van der Waals surface area contributed by atoms with Crippen molar-refractivity contribution >= 4 is 23.2 Å². The van der Waals surface area contributed by atoms with Gasteiger partial charge in [-0.15, -0.1) is 0 Å². The molecule has 0 saturated heterocycles. The van der Waals surface area contributed by atoms with Crippen molar-refractivity contribution in [2.45, 2.75) is 46.1 Å². The van der Waals surface area contributed by atoms with Crippen molar-refractivity contribution in [3.05, 3.63) is 28.8 Å². The van der Waals surface area contributed by atoms with E-state index < -0.39 is 0 Å². The minimum Gasteiger partial charge on any atom is -0.384 e. The van der Waals surface area contributed by atoms with Crippen LogP contribution < -0.4 is 10.6 Å². The summed E-state index contributed by atoms with van der Waals surface area (Å²) in [5.41, 5.74) is 1.21. The maximum atomic E-state index is 12.3. The van der Waals surface area contributed by atoms with Crippen LogP contribution in [0.15, 0.2) is 18.2 Å². The van der Waals surface area contributed by atoms with Crippen molar-refractivity contribution in [3.8, 4) is 0 Å². The third-order valence-electron chi connectivity index (χ3n) is 3.13. The van der Waals surface area contributed by atoms with Crippen molar-refractivity contribution < 1.29 is 4.79 Å². The Balaban J connectivity index is 2.96. The zero-order valence-corrected chi connectivity index (χ0v) is 12.9. The first-order valence-electron chi connectivity index (χ1n) is 6.75. The predicted molar refractivity (Wildman–Crippen MR) is 82.1 cm³/mol. The van der Waals surface area contributed by atoms with Crippen LogP contribution in [0.1, 0.15) is 50.9 Å². The molecule has 0 unspecified atom stereocenters. The first kappa shape index (κ1) is 15.8. The minimum atomic E-state index is -0.221. The van der Waals surface area contributed by atoms with E-state index in [1.165, 1.54) is 0 Å². The lowest BCUT2D eigenvalue weighted by atomic mass is 10.0. The Kier molecular flexibility index (Phi) is 5.67. The SMILES string of the molecule is CCCNc1ccc(Cl)cc1C(=O)NC(C)(C)CC. The Morgan fingerprint density at radius 1 is 1.32 bits per heavy atom. The summed E-state index contributed by atoms with van der Waals surface area (Å²) in [7, 11) is 0. The van der Waals surface area contributed by atoms with Crippen molar-refractivity contribution in [2.24, 2.45) is 0 Å². The third kappa shape index (κ3) is 4.75. The highest BCUT2D eigenvalue weighted by atomic mass is 35.5. The zero-order chi connectivity index (χ0) is 14.5. The average molecular weight is 283 g/mol. The smallest absolute Gasteiger partial charge is 0.253 e. The first-order chi connectivity index (χ1) is 8.89. The molecule has 1 amide bonds. The van der Waals surface area contributed by atoms with Crippen LogP contribution in [0.25, 0.3) is 0 Å². The summed E-state index contributed by atoms with van der Waals surface area (Å²) < 4.78 is 0. The summed E-state index contributed by atoms with van der Waals surface area (Å²) in [6, 6.07) is 5.35. The van der Waals surface area contributed by atoms with Crippen LogP contribution in [0.2, 0.25) is 5.02 Å². The largest absolute Gasteiger partial charge is 0.384 e. The molecular weight excluding hydrogens is 260 g/mol. The van der Waals surface area contributed by atoms with Crippen LogP contribution in [-0.4, -0.2) is 18.0 Å². The number of nitrogens with one attached hydrogen (secondary N) is 2. The molecule has 0 aliphatic rings. The molecule has 0 atom stereocenters. The second-order valence-corrected chi connectivity index (χ2v) is 5.74. The second kappa shape index (κ2) is 6.80. The molecule has 19 heavy (non-hydrogen) atoms. The maximum absolute atomic E-state index is 12.3. The first-order valence-corrected chi connectivity index (χ1v) is 7.13. The van der Waals surface area contributed by atoms with Gasteiger partial charge in [-0.3, -0.25) is 4.79 Å². The van der Waals surface area contributed by atoms with Gasteiger partial charge in [0, 0.05) is 22.8 Å². The monoisotopic (exact) mass is 282 g/mol. The lowest BCUT2D eigenvalue weighted by molar-refractivity contribution is 0.0912. The maximum Gasteiger partial charge on any atom is 0.253 e. The summed E-state index contributed by atoms with van der Waals surface area (Å²) in [5, 5.41) is 6.85. The van der Waals surface area contributed by atoms with Gasteiger partial charge in [0.25, 0.3) is 5.91 Å². The van der Waals surface area contributed by atoms with E-state index in [0.29, 0.717) is 10.6 Å². The molecule has 0 fully saturated rings. The summed E-state index contributed by atoms with van der Waals surface area (Å²) >= 11 is 5.99. The van der Waals surface area contributed by atoms with Gasteiger partial charge >= 0.3 is 0 Å². The highest BCUT2D eigenvalue weighted by molar-refractivity contribution is 6.31. The number of benzene rings is 1. The number of rotatable bonds is 6. The van der Waals surface area contributed by atoms with Crippen LogP contribution in [0.4, 0.5) is 5.69 Å². The molecule has 0 aliphatic heterocycles. The molecule has 1 rings (SSSR count). The van der Waals surface area contributed by atoms with Gasteiger partial charge in [0.15, 0.2) is 0 Å². The Labute approximate surface area is 120 Å². The van der Waals surface area contributed by atoms with Crippen LogP contribution >= 0.6 is 11.6 Å². The average Bonchev–Trinajstić information content (AvgIpc) is 2.36. The van der Waals surface area contributed by atoms with Gasteiger partial charge in [0.2, 0.25) is 0 Å². The predicted octanol–water partition coefficient (Wildman–Crippen LogP) is 4.08. The summed E-state index contributed by atoms with van der Waals surface area (Å²) in [5.74, 6) is -0.0899. The Morgan fingerprint density at radius 3 is 2.58 bits per heavy atom. The van der Waals surface area contributed by atoms with Crippen LogP contribution in [0.5, 0.6) is 0 Å². The molecule has 4 heteroatoms. The van der Waals surface area contributed by atoms with Crippen LogP contribution in [0.3, 0.4) is 0 Å². The fourth-order valence-electron chi connectivity index (χ4n) is 1.58. The Morgan fingerprint density at radius 2 is 2.00 bits per heavy atom. The van der Waals surface area contributed by atoms with Gasteiger partial charge in [-0.25, -0.2) is 0 Å². The normalized spacial score (nSPS) is 11.2. The highest BCUT2D eigenvalue weighted by Crippen LogP contribution is 2.22. The van der Waals surface area contributed by atoms with Crippen molar-refractivity contribution in [1.82, 2.24) is 5.32 Å². The van der Waals surface area contributed by atoms with E-state index in [1.807, 2.05) is 19.9 Å². The standard InChI is InChI=1S/C15H23ClN2O/c1-5-9-17-13-8-7-11(16)10-12(13)14(19)18-15(3,4)6-2/h7-8,10,17H,5-6,9H2,1-4H3,(H,18,19). The highest BCUT2D eigenvalue weighted by Gasteiger charge is 2.20. The molecule has 0 bridgehead atoms. The van der Waals surface area contributed by atoms with Gasteiger partial charge in [0.05, 0.1) is 5.56 Å². The molecule has 0 saturated carbocycles. The number of amides is 1. The topological polar surface area (TPSA) is 41.1 Å². The van der Waals surface area contributed by atoms with Crippen LogP contribution in [-0.2, 0) is 0 Å². The van der Waals surface area contributed by atoms with E-state index in [2.05, 4.69) is 24.5 Å². The molecule has 106 valence electrons. The molecule has 1 aromatic rings. The number of hydrogen-bond donors (Lipinski definition) is 2. The van der Waals surface area contributed by atoms with E-state index in [4.69, 9.17) is 11.6 Å². The Bertz CT molecular complexity index is 444. The van der Waals surface area contributed by atoms with E-state index in [0.717, 1.165) is 25.1 Å². The van der Waals surface area contributed by atoms with Crippen molar-refractivity contribution in [1.29, 1.82) is 0 Å². The number of carbonyl (C=O) groups is 1. The summed E-state index contributed by atoms with van der Waals surface area (Å²) in [6.45, 7) is 8.99. The molecule has 1 aromatic carbocycles. The van der Waals surface area contributed by atoms with Gasteiger partial charge in [-0.2, -0.15) is 0 Å². The van der Waals surface area contributed by atoms with Gasteiger partial charge in [0.1, 0.15) is 0 Å². The third-order valence-corrected chi connectivity index (χ3v) is 3.36. The molecule has 0 aliphatic carbocycles. The summed E-state index contributed by atoms with van der Waals surface area (Å²) in [4.78, 5) is 12.3. The molecule has 0 heterocycles. The second-order valence-electron chi connectivity index (χ2n) is 5.31. The zero-order valence-electron chi connectivity index (χ0n) is 12.1. The number of hydrogen-bond acceptors (Lipinski definition) is 2. The fourth-order valence-corrected chi connectivity index (χ4v) is 1.75. The fraction of sp³-hybridized carbons (Fsp3) is 0.533. The van der Waals surface area contributed by atoms with Crippen molar-refractivity contribution in [2.75, 3.05) is 11.9 Å². The lowest BCUT2D eigenvalue weighted by Gasteiger charge is -2.25. The van der Waals surface area contributed by atoms with E-state index in [1.54, 1.807) is 12.1 Å². The molecule has 0 aromatic heterocycles. The molecule has 0 radical (unpaired) electrons. The number of carbonyl (C=O) groups excluding carboxylic acids is 1. The van der Waals surface area contributed by atoms with Crippen molar-refractivity contribution in [3.63, 3.8) is 0 Å². The van der Waals surface area contributed by atoms with Gasteiger partial charge in [-0.1, -0.05) is 25.4 Å². The Hall–Kier alpha value is -1.22. The van der Waals surface area contributed by atoms with E-state index in [-0.39, 0.29) is 11.4 Å². The molecule has 2 N–H and O–H groups in total. The molecule has 0 spiro atoms.